The third-order valence-corrected chi connectivity index (χ3v) is 2.92. The highest BCUT2D eigenvalue weighted by atomic mass is 16.6. The van der Waals surface area contributed by atoms with Crippen LogP contribution in [0.4, 0.5) is 5.69 Å². The molecule has 5 N–H and O–H groups in total. The lowest BCUT2D eigenvalue weighted by Gasteiger charge is -2.14. The SMILES string of the molecule is NC(=O)c1nn([C@H]2O[C@H](CO)[C@@H](O)[C@@H]2O)cc1[N+](=O)[O-]. The molecule has 0 saturated carbocycles. The quantitative estimate of drug-likeness (QED) is 0.347. The summed E-state index contributed by atoms with van der Waals surface area (Å²) in [5, 5.41) is 42.6. The topological polar surface area (TPSA) is 174 Å². The molecule has 0 radical (unpaired) electrons. The molecule has 0 aliphatic carbocycles. The first kappa shape index (κ1) is 14.3. The Morgan fingerprint density at radius 1 is 1.55 bits per heavy atom. The number of nitro groups is 1. The van der Waals surface area contributed by atoms with Crippen molar-refractivity contribution in [1.29, 1.82) is 0 Å². The van der Waals surface area contributed by atoms with E-state index in [0.717, 1.165) is 10.9 Å². The molecule has 0 bridgehead atoms. The number of nitrogens with zero attached hydrogens (tertiary/aromatic N) is 3. The zero-order valence-electron chi connectivity index (χ0n) is 9.99. The standard InChI is InChI=1S/C9H12N4O7/c10-8(17)5-3(13(18)19)1-12(11-5)9-7(16)6(15)4(2-14)20-9/h1,4,6-7,9,14-16H,2H2,(H2,10,17)/t4-,6-,7+,9+/m1/s1. The summed E-state index contributed by atoms with van der Waals surface area (Å²) >= 11 is 0. The van der Waals surface area contributed by atoms with Crippen LogP contribution in [0.1, 0.15) is 16.7 Å². The Bertz CT molecular complexity index is 513. The summed E-state index contributed by atoms with van der Waals surface area (Å²) in [6.45, 7) is -0.555. The summed E-state index contributed by atoms with van der Waals surface area (Å²) in [5.74, 6) is -1.11. The second-order valence-electron chi connectivity index (χ2n) is 4.19. The molecule has 1 saturated heterocycles. The van der Waals surface area contributed by atoms with E-state index in [4.69, 9.17) is 15.6 Å². The zero-order chi connectivity index (χ0) is 15.0. The molecular formula is C9H12N4O7. The number of aromatic nitrogens is 2. The van der Waals surface area contributed by atoms with Crippen LogP contribution in [0.3, 0.4) is 0 Å². The number of hydrogen-bond acceptors (Lipinski definition) is 8. The second-order valence-corrected chi connectivity index (χ2v) is 4.19. The molecular weight excluding hydrogens is 276 g/mol. The molecule has 1 aliphatic rings. The molecule has 11 heteroatoms. The minimum atomic E-state index is -1.47. The molecule has 4 atom stereocenters. The van der Waals surface area contributed by atoms with Crippen LogP contribution in [0, 0.1) is 10.1 Å². The fourth-order valence-corrected chi connectivity index (χ4v) is 1.92. The van der Waals surface area contributed by atoms with Gasteiger partial charge in [-0.05, 0) is 0 Å². The predicted octanol–water partition coefficient (Wildman–Crippen LogP) is -2.50. The van der Waals surface area contributed by atoms with E-state index in [2.05, 4.69) is 5.10 Å². The van der Waals surface area contributed by atoms with Crippen LogP contribution < -0.4 is 5.73 Å². The third kappa shape index (κ3) is 2.22. The van der Waals surface area contributed by atoms with E-state index < -0.39 is 53.4 Å². The van der Waals surface area contributed by atoms with E-state index >= 15 is 0 Å². The number of aliphatic hydroxyl groups is 3. The van der Waals surface area contributed by atoms with Crippen molar-refractivity contribution < 1.29 is 29.8 Å². The number of rotatable bonds is 4. The van der Waals surface area contributed by atoms with Gasteiger partial charge in [-0.15, -0.1) is 0 Å². The highest BCUT2D eigenvalue weighted by molar-refractivity contribution is 5.94. The van der Waals surface area contributed by atoms with Gasteiger partial charge in [0.2, 0.25) is 5.69 Å². The van der Waals surface area contributed by atoms with Crippen molar-refractivity contribution >= 4 is 11.6 Å². The van der Waals surface area contributed by atoms with E-state index in [1.165, 1.54) is 0 Å². The predicted molar refractivity (Wildman–Crippen MR) is 60.4 cm³/mol. The van der Waals surface area contributed by atoms with Gasteiger partial charge in [-0.25, -0.2) is 4.68 Å². The molecule has 2 rings (SSSR count). The van der Waals surface area contributed by atoms with Crippen molar-refractivity contribution in [3.8, 4) is 0 Å². The van der Waals surface area contributed by atoms with Crippen molar-refractivity contribution in [2.75, 3.05) is 6.61 Å². The summed E-state index contributed by atoms with van der Waals surface area (Å²) in [7, 11) is 0. The fraction of sp³-hybridized carbons (Fsp3) is 0.556. The van der Waals surface area contributed by atoms with Gasteiger partial charge in [-0.2, -0.15) is 5.10 Å². The third-order valence-electron chi connectivity index (χ3n) is 2.92. The van der Waals surface area contributed by atoms with Crippen LogP contribution in [0.2, 0.25) is 0 Å². The molecule has 110 valence electrons. The Hall–Kier alpha value is -2.08. The molecule has 1 aromatic heterocycles. The van der Waals surface area contributed by atoms with Gasteiger partial charge < -0.3 is 25.8 Å². The summed E-state index contributed by atoms with van der Waals surface area (Å²) in [6, 6.07) is 0. The monoisotopic (exact) mass is 288 g/mol. The molecule has 0 unspecified atom stereocenters. The number of carbonyl (C=O) groups is 1. The number of ether oxygens (including phenoxy) is 1. The molecule has 11 nitrogen and oxygen atoms in total. The highest BCUT2D eigenvalue weighted by Crippen LogP contribution is 2.30. The highest BCUT2D eigenvalue weighted by Gasteiger charge is 2.44. The minimum absolute atomic E-state index is 0.555. The van der Waals surface area contributed by atoms with Gasteiger partial charge in [-0.3, -0.25) is 14.9 Å². The van der Waals surface area contributed by atoms with E-state index in [1.54, 1.807) is 0 Å². The summed E-state index contributed by atoms with van der Waals surface area (Å²) < 4.78 is 5.95. The van der Waals surface area contributed by atoms with Gasteiger partial charge in [0, 0.05) is 0 Å². The maximum absolute atomic E-state index is 11.1. The van der Waals surface area contributed by atoms with Crippen LogP contribution in [0.15, 0.2) is 6.20 Å². The lowest BCUT2D eigenvalue weighted by atomic mass is 10.1. The fourth-order valence-electron chi connectivity index (χ4n) is 1.92. The Labute approximate surface area is 111 Å². The Morgan fingerprint density at radius 2 is 2.20 bits per heavy atom. The molecule has 1 amide bonds. The van der Waals surface area contributed by atoms with E-state index in [-0.39, 0.29) is 0 Å². The van der Waals surface area contributed by atoms with Gasteiger partial charge in [0.1, 0.15) is 24.5 Å². The average Bonchev–Trinajstić information content (AvgIpc) is 2.93. The van der Waals surface area contributed by atoms with Gasteiger partial charge in [-0.1, -0.05) is 0 Å². The summed E-state index contributed by atoms with van der Waals surface area (Å²) in [6.07, 6.45) is -4.32. The Morgan fingerprint density at radius 3 is 2.60 bits per heavy atom. The average molecular weight is 288 g/mol. The van der Waals surface area contributed by atoms with Crippen LogP contribution in [-0.2, 0) is 4.74 Å². The lowest BCUT2D eigenvalue weighted by Crippen LogP contribution is -2.33. The van der Waals surface area contributed by atoms with Crippen LogP contribution >= 0.6 is 0 Å². The van der Waals surface area contributed by atoms with Gasteiger partial charge in [0.15, 0.2) is 6.23 Å². The van der Waals surface area contributed by atoms with E-state index in [9.17, 15) is 25.1 Å². The van der Waals surface area contributed by atoms with Crippen LogP contribution in [0.25, 0.3) is 0 Å². The zero-order valence-corrected chi connectivity index (χ0v) is 9.99. The largest absolute Gasteiger partial charge is 0.394 e. The number of aliphatic hydroxyl groups excluding tert-OH is 3. The molecule has 1 fully saturated rings. The first-order valence-corrected chi connectivity index (χ1v) is 5.52. The van der Waals surface area contributed by atoms with Gasteiger partial charge in [0.25, 0.3) is 5.91 Å². The molecule has 0 aromatic carbocycles. The van der Waals surface area contributed by atoms with Crippen LogP contribution in [-0.4, -0.2) is 60.8 Å². The summed E-state index contributed by atoms with van der Waals surface area (Å²) in [4.78, 5) is 21.0. The number of primary amides is 1. The first-order valence-electron chi connectivity index (χ1n) is 5.52. The number of hydrogen-bond donors (Lipinski definition) is 4. The number of amides is 1. The first-order chi connectivity index (χ1) is 9.36. The van der Waals surface area contributed by atoms with Crippen molar-refractivity contribution in [1.82, 2.24) is 9.78 Å². The molecule has 20 heavy (non-hydrogen) atoms. The Balaban J connectivity index is 2.37. The van der Waals surface area contributed by atoms with Crippen molar-refractivity contribution in [2.45, 2.75) is 24.5 Å². The summed E-state index contributed by atoms with van der Waals surface area (Å²) in [5.41, 5.74) is 3.73. The van der Waals surface area contributed by atoms with Crippen LogP contribution in [0.5, 0.6) is 0 Å². The number of nitrogens with two attached hydrogens (primary N) is 1. The normalized spacial score (nSPS) is 29.6. The molecule has 2 heterocycles. The molecule has 0 spiro atoms. The lowest BCUT2D eigenvalue weighted by molar-refractivity contribution is -0.385. The van der Waals surface area contributed by atoms with Gasteiger partial charge in [0.05, 0.1) is 11.5 Å². The minimum Gasteiger partial charge on any atom is -0.394 e. The Kier molecular flexibility index (Phi) is 3.67. The van der Waals surface area contributed by atoms with Gasteiger partial charge >= 0.3 is 5.69 Å². The second kappa shape index (κ2) is 5.13. The van der Waals surface area contributed by atoms with E-state index in [0.29, 0.717) is 0 Å². The number of carbonyl (C=O) groups excluding carboxylic acids is 1. The maximum atomic E-state index is 11.1. The van der Waals surface area contributed by atoms with Crippen molar-refractivity contribution in [3.63, 3.8) is 0 Å². The van der Waals surface area contributed by atoms with E-state index in [1.807, 2.05) is 0 Å². The molecule has 1 aromatic rings. The maximum Gasteiger partial charge on any atom is 0.320 e. The molecule has 1 aliphatic heterocycles. The van der Waals surface area contributed by atoms with Crippen molar-refractivity contribution in [3.05, 3.63) is 22.0 Å². The smallest absolute Gasteiger partial charge is 0.320 e. The van der Waals surface area contributed by atoms with Crippen molar-refractivity contribution in [2.24, 2.45) is 5.73 Å².